The Kier molecular flexibility index (Phi) is 6.34. The number of thiazole rings is 1. The molecule has 7 nitrogen and oxygen atoms in total. The first-order valence-electron chi connectivity index (χ1n) is 9.79. The van der Waals surface area contributed by atoms with Crippen LogP contribution >= 0.6 is 11.3 Å². The van der Waals surface area contributed by atoms with Gasteiger partial charge in [0.2, 0.25) is 11.3 Å². The second kappa shape index (κ2) is 9.03. The monoisotopic (exact) mass is 472 g/mol. The van der Waals surface area contributed by atoms with Crippen LogP contribution in [0.15, 0.2) is 60.7 Å². The fourth-order valence-corrected chi connectivity index (χ4v) is 4.94. The molecule has 0 aliphatic carbocycles. The van der Waals surface area contributed by atoms with Gasteiger partial charge in [0, 0.05) is 31.2 Å². The molecule has 166 valence electrons. The van der Waals surface area contributed by atoms with E-state index in [1.807, 2.05) is 11.3 Å². The number of hydrogen-bond donors (Lipinski definition) is 0. The van der Waals surface area contributed by atoms with E-state index in [1.165, 1.54) is 31.7 Å². The van der Waals surface area contributed by atoms with Crippen LogP contribution < -0.4 is 28.1 Å². The molecular formula is C23H21ClN2O5S. The van der Waals surface area contributed by atoms with E-state index >= 15 is 0 Å². The second-order valence-electron chi connectivity index (χ2n) is 7.41. The Morgan fingerprint density at radius 2 is 1.66 bits per heavy atom. The van der Waals surface area contributed by atoms with Crippen LogP contribution in [0.5, 0.6) is 0 Å². The molecule has 0 N–H and O–H groups in total. The molecular weight excluding hydrogens is 452 g/mol. The zero-order valence-electron chi connectivity index (χ0n) is 17.5. The van der Waals surface area contributed by atoms with Gasteiger partial charge in [-0.25, -0.2) is 18.6 Å². The molecule has 9 heteroatoms. The molecule has 0 bridgehead atoms. The Balaban J connectivity index is 0.000000444. The highest BCUT2D eigenvalue weighted by Crippen LogP contribution is 2.34. The number of fused-ring (bicyclic) bond motifs is 5. The van der Waals surface area contributed by atoms with Gasteiger partial charge in [0.05, 0.1) is 0 Å². The lowest BCUT2D eigenvalue weighted by atomic mass is 10.1. The highest BCUT2D eigenvalue weighted by molar-refractivity contribution is 7.20. The minimum atomic E-state index is -4.94. The maximum Gasteiger partial charge on any atom is 0.305 e. The highest BCUT2D eigenvalue weighted by atomic mass is 35.7. The summed E-state index contributed by atoms with van der Waals surface area (Å²) in [6.45, 7) is 1.60. The van der Waals surface area contributed by atoms with E-state index in [0.29, 0.717) is 6.61 Å². The first-order valence-corrected chi connectivity index (χ1v) is 11.8. The number of aromatic nitrogens is 1. The minimum absolute atomic E-state index is 0.706. The van der Waals surface area contributed by atoms with Crippen LogP contribution in [0.3, 0.4) is 0 Å². The van der Waals surface area contributed by atoms with Gasteiger partial charge in [0.1, 0.15) is 11.3 Å². The van der Waals surface area contributed by atoms with Crippen molar-refractivity contribution in [2.24, 2.45) is 0 Å². The van der Waals surface area contributed by atoms with Gasteiger partial charge >= 0.3 is 5.01 Å². The van der Waals surface area contributed by atoms with E-state index in [0.717, 1.165) is 17.9 Å². The van der Waals surface area contributed by atoms with Gasteiger partial charge in [-0.2, -0.15) is 4.57 Å². The SMILES string of the molecule is CN(C)c1ccc(C=C2OCC[n+]3c2sc2c4ccccc4ccc23)cc1.[O-][Cl+3]([O-])([O-])[O-]. The summed E-state index contributed by atoms with van der Waals surface area (Å²) < 4.78 is 43.8. The van der Waals surface area contributed by atoms with Crippen molar-refractivity contribution in [2.75, 3.05) is 25.6 Å². The maximum absolute atomic E-state index is 8.49. The summed E-state index contributed by atoms with van der Waals surface area (Å²) in [5.41, 5.74) is 3.65. The molecule has 3 aromatic carbocycles. The zero-order valence-corrected chi connectivity index (χ0v) is 19.1. The topological polar surface area (TPSA) is 109 Å². The van der Waals surface area contributed by atoms with Crippen molar-refractivity contribution in [3.05, 3.63) is 71.2 Å². The van der Waals surface area contributed by atoms with E-state index in [9.17, 15) is 0 Å². The molecule has 0 radical (unpaired) electrons. The fourth-order valence-electron chi connectivity index (χ4n) is 3.65. The number of hydrogen-bond acceptors (Lipinski definition) is 7. The second-order valence-corrected chi connectivity index (χ2v) is 9.17. The van der Waals surface area contributed by atoms with Crippen LogP contribution in [0.25, 0.3) is 32.8 Å². The molecule has 0 unspecified atom stereocenters. The molecule has 0 spiro atoms. The summed E-state index contributed by atoms with van der Waals surface area (Å²) in [7, 11) is -0.829. The molecule has 4 aromatic rings. The van der Waals surface area contributed by atoms with E-state index in [1.54, 1.807) is 0 Å². The van der Waals surface area contributed by atoms with Gasteiger partial charge < -0.3 is 9.64 Å². The molecule has 2 heterocycles. The summed E-state index contributed by atoms with van der Waals surface area (Å²) in [5.74, 6) is 0.962. The van der Waals surface area contributed by atoms with E-state index in [2.05, 4.69) is 90.3 Å². The lowest BCUT2D eigenvalue weighted by Gasteiger charge is -2.17. The summed E-state index contributed by atoms with van der Waals surface area (Å²) in [6, 6.07) is 21.6. The van der Waals surface area contributed by atoms with E-state index in [4.69, 9.17) is 23.4 Å². The lowest BCUT2D eigenvalue weighted by molar-refractivity contribution is -2.00. The van der Waals surface area contributed by atoms with Crippen molar-refractivity contribution in [3.8, 4) is 0 Å². The molecule has 0 saturated carbocycles. The molecule has 1 aliphatic rings. The first-order chi connectivity index (χ1) is 15.2. The molecule has 0 amide bonds. The number of ether oxygens (including phenoxy) is 1. The van der Waals surface area contributed by atoms with Gasteiger partial charge in [-0.15, -0.1) is 10.2 Å². The van der Waals surface area contributed by atoms with E-state index < -0.39 is 10.2 Å². The number of halogens is 1. The zero-order chi connectivity index (χ0) is 22.9. The number of anilines is 1. The lowest BCUT2D eigenvalue weighted by Crippen LogP contribution is -2.68. The van der Waals surface area contributed by atoms with Crippen molar-refractivity contribution >= 4 is 49.8 Å². The summed E-state index contributed by atoms with van der Waals surface area (Å²) in [5, 5.41) is 3.80. The van der Waals surface area contributed by atoms with Crippen molar-refractivity contribution < 1.29 is 38.2 Å². The Labute approximate surface area is 191 Å². The van der Waals surface area contributed by atoms with Crippen molar-refractivity contribution in [2.45, 2.75) is 6.54 Å². The van der Waals surface area contributed by atoms with Crippen LogP contribution in [-0.4, -0.2) is 20.7 Å². The van der Waals surface area contributed by atoms with Crippen molar-refractivity contribution in [1.29, 1.82) is 0 Å². The predicted molar refractivity (Wildman–Crippen MR) is 114 cm³/mol. The Hall–Kier alpha value is -2.72. The van der Waals surface area contributed by atoms with E-state index in [-0.39, 0.29) is 0 Å². The minimum Gasteiger partial charge on any atom is -0.480 e. The van der Waals surface area contributed by atoms with Gasteiger partial charge in [-0.05, 0) is 35.2 Å². The Morgan fingerprint density at radius 3 is 2.34 bits per heavy atom. The molecule has 5 rings (SSSR count). The summed E-state index contributed by atoms with van der Waals surface area (Å²) >= 11 is 1.83. The van der Waals surface area contributed by atoms with Gasteiger partial charge in [-0.1, -0.05) is 47.7 Å². The van der Waals surface area contributed by atoms with Crippen LogP contribution in [0.4, 0.5) is 5.69 Å². The third-order valence-electron chi connectivity index (χ3n) is 5.08. The first kappa shape index (κ1) is 22.5. The molecule has 0 saturated heterocycles. The molecule has 1 aromatic heterocycles. The number of benzene rings is 3. The molecule has 1 aliphatic heterocycles. The number of rotatable bonds is 2. The van der Waals surface area contributed by atoms with Gasteiger partial charge in [0.25, 0.3) is 0 Å². The van der Waals surface area contributed by atoms with Crippen LogP contribution in [0, 0.1) is 10.2 Å². The quantitative estimate of drug-likeness (QED) is 0.385. The largest absolute Gasteiger partial charge is 0.480 e. The summed E-state index contributed by atoms with van der Waals surface area (Å²) in [6.07, 6.45) is 2.15. The average molecular weight is 473 g/mol. The summed E-state index contributed by atoms with van der Waals surface area (Å²) in [4.78, 5) is 2.11. The maximum atomic E-state index is 8.49. The van der Waals surface area contributed by atoms with Crippen molar-refractivity contribution in [3.63, 3.8) is 0 Å². The van der Waals surface area contributed by atoms with Crippen LogP contribution in [0.1, 0.15) is 10.6 Å². The van der Waals surface area contributed by atoms with Crippen LogP contribution in [0.2, 0.25) is 0 Å². The van der Waals surface area contributed by atoms with Gasteiger partial charge in [-0.3, -0.25) is 0 Å². The predicted octanol–water partition coefficient (Wildman–Crippen LogP) is 0.180. The Morgan fingerprint density at radius 1 is 0.969 bits per heavy atom. The molecule has 0 atom stereocenters. The standard InChI is InChI=1S/C23H21N2OS.ClHO4/c1-24(2)18-10-7-16(8-11-18)15-21-23-25(13-14-26-21)20-12-9-17-5-3-4-6-19(17)22(20)27-23;2-1(3,4)5/h3-12,15H,13-14H2,1-2H3;(H,2,3,4,5)/q+1;/p-1. The molecule has 32 heavy (non-hydrogen) atoms. The highest BCUT2D eigenvalue weighted by Gasteiger charge is 2.29. The molecule has 0 fully saturated rings. The van der Waals surface area contributed by atoms with Crippen molar-refractivity contribution in [1.82, 2.24) is 0 Å². The average Bonchev–Trinajstić information content (AvgIpc) is 3.13. The normalized spacial score (nSPS) is 14.6. The van der Waals surface area contributed by atoms with Gasteiger partial charge in [0.15, 0.2) is 6.54 Å². The van der Waals surface area contributed by atoms with Crippen LogP contribution in [-0.2, 0) is 11.3 Å². The Bertz CT molecular complexity index is 1270. The number of nitrogens with zero attached hydrogens (tertiary/aromatic N) is 2. The fraction of sp³-hybridized carbons (Fsp3) is 0.174. The third-order valence-corrected chi connectivity index (χ3v) is 6.33. The third kappa shape index (κ3) is 5.02. The smallest absolute Gasteiger partial charge is 0.305 e.